The molecule has 0 spiro atoms. The summed E-state index contributed by atoms with van der Waals surface area (Å²) >= 11 is 14.8. The number of thiazole rings is 2. The minimum atomic E-state index is -0.493. The Hall–Kier alpha value is -2.38. The summed E-state index contributed by atoms with van der Waals surface area (Å²) < 4.78 is 10.6. The maximum atomic E-state index is 12.8. The van der Waals surface area contributed by atoms with Crippen LogP contribution >= 0.6 is 45.9 Å². The fourth-order valence-electron chi connectivity index (χ4n) is 3.71. The Balaban J connectivity index is 1.52. The van der Waals surface area contributed by atoms with Gasteiger partial charge in [-0.25, -0.2) is 14.8 Å². The molecule has 1 fully saturated rings. The zero-order chi connectivity index (χ0) is 24.6. The Bertz CT molecular complexity index is 1230. The fourth-order valence-corrected chi connectivity index (χ4v) is 5.70. The van der Waals surface area contributed by atoms with Crippen LogP contribution in [0.4, 0.5) is 10.3 Å². The molecule has 182 valence electrons. The maximum absolute atomic E-state index is 12.8. The first kappa shape index (κ1) is 24.7. The number of piperidine rings is 1. The molecule has 3 aromatic rings. The van der Waals surface area contributed by atoms with Gasteiger partial charge < -0.3 is 30.4 Å². The zero-order valence-electron chi connectivity index (χ0n) is 18.5. The van der Waals surface area contributed by atoms with E-state index in [9.17, 15) is 9.59 Å². The number of anilines is 2. The van der Waals surface area contributed by atoms with Crippen molar-refractivity contribution in [1.29, 1.82) is 0 Å². The Labute approximate surface area is 213 Å². The van der Waals surface area contributed by atoms with Crippen molar-refractivity contribution in [3.8, 4) is 11.4 Å². The van der Waals surface area contributed by atoms with Crippen molar-refractivity contribution < 1.29 is 19.1 Å². The van der Waals surface area contributed by atoms with Crippen LogP contribution in [-0.4, -0.2) is 66.3 Å². The number of aryl methyl sites for hydroxylation is 1. The smallest absolute Gasteiger partial charge is 0.350 e. The number of ether oxygens (including phenoxy) is 2. The van der Waals surface area contributed by atoms with Gasteiger partial charge in [0.25, 0.3) is 5.91 Å². The number of H-pyrrole nitrogens is 1. The number of nitrogens with two attached hydrogens (primary N) is 1. The van der Waals surface area contributed by atoms with E-state index in [1.165, 1.54) is 29.8 Å². The summed E-state index contributed by atoms with van der Waals surface area (Å²) in [7, 11) is 2.91. The van der Waals surface area contributed by atoms with Crippen molar-refractivity contribution >= 4 is 68.0 Å². The number of hydrogen-bond donors (Lipinski definition) is 3. The van der Waals surface area contributed by atoms with Gasteiger partial charge in [-0.15, -0.1) is 11.3 Å². The van der Waals surface area contributed by atoms with Crippen LogP contribution in [0.25, 0.3) is 11.4 Å². The summed E-state index contributed by atoms with van der Waals surface area (Å²) in [6, 6.07) is -0.259. The van der Waals surface area contributed by atoms with E-state index in [0.717, 1.165) is 0 Å². The molecule has 0 aliphatic carbocycles. The topological polar surface area (TPSA) is 135 Å². The van der Waals surface area contributed by atoms with Gasteiger partial charge in [0.15, 0.2) is 10.3 Å². The second-order valence-corrected chi connectivity index (χ2v) is 10.2. The van der Waals surface area contributed by atoms with Crippen molar-refractivity contribution in [3.63, 3.8) is 0 Å². The third kappa shape index (κ3) is 4.73. The number of esters is 1. The summed E-state index contributed by atoms with van der Waals surface area (Å²) in [5.41, 5.74) is 7.56. The third-order valence-electron chi connectivity index (χ3n) is 5.48. The van der Waals surface area contributed by atoms with Crippen LogP contribution in [0.2, 0.25) is 10.0 Å². The van der Waals surface area contributed by atoms with Gasteiger partial charge in [0.2, 0.25) is 0 Å². The maximum Gasteiger partial charge on any atom is 0.350 e. The standard InChI is InChI=1S/C20H22Cl2N6O4S2/c1-8-12(21)13(22)15(24-8)17(29)25-9-4-5-28(6-11(9)31-2)20-27-14(10-7-33-19(23)26-10)16(34-20)18(30)32-3/h7,9,11,24H,4-6H2,1-3H3,(H2,23,26)(H,25,29)/t9-,11+/m1/s1. The lowest BCUT2D eigenvalue weighted by atomic mass is 10.0. The van der Waals surface area contributed by atoms with E-state index in [4.69, 9.17) is 38.4 Å². The van der Waals surface area contributed by atoms with Gasteiger partial charge in [0, 0.05) is 31.3 Å². The number of aromatic nitrogens is 3. The normalized spacial score (nSPS) is 18.2. The molecule has 34 heavy (non-hydrogen) atoms. The minimum Gasteiger partial charge on any atom is -0.465 e. The zero-order valence-corrected chi connectivity index (χ0v) is 21.6. The minimum absolute atomic E-state index is 0.191. The predicted octanol–water partition coefficient (Wildman–Crippen LogP) is 3.60. The lowest BCUT2D eigenvalue weighted by molar-refractivity contribution is 0.0540. The number of nitrogen functional groups attached to an aromatic ring is 1. The van der Waals surface area contributed by atoms with Gasteiger partial charge in [-0.3, -0.25) is 4.79 Å². The lowest BCUT2D eigenvalue weighted by Crippen LogP contribution is -2.55. The van der Waals surface area contributed by atoms with E-state index in [-0.39, 0.29) is 28.8 Å². The molecular weight excluding hydrogens is 523 g/mol. The van der Waals surface area contributed by atoms with Crippen molar-refractivity contribution in [2.24, 2.45) is 0 Å². The van der Waals surface area contributed by atoms with Crippen LogP contribution in [0.5, 0.6) is 0 Å². The Morgan fingerprint density at radius 3 is 2.65 bits per heavy atom. The number of hydrogen-bond acceptors (Lipinski definition) is 10. The molecule has 0 aromatic carbocycles. The van der Waals surface area contributed by atoms with E-state index in [0.29, 0.717) is 56.8 Å². The molecule has 4 N–H and O–H groups in total. The molecule has 0 unspecified atom stereocenters. The Morgan fingerprint density at radius 2 is 2.06 bits per heavy atom. The third-order valence-corrected chi connectivity index (χ3v) is 8.20. The first-order valence-electron chi connectivity index (χ1n) is 10.2. The Morgan fingerprint density at radius 1 is 1.29 bits per heavy atom. The molecule has 14 heteroatoms. The number of halogens is 2. The Kier molecular flexibility index (Phi) is 7.33. The first-order chi connectivity index (χ1) is 16.2. The molecule has 0 saturated carbocycles. The monoisotopic (exact) mass is 544 g/mol. The van der Waals surface area contributed by atoms with Crippen molar-refractivity contribution in [1.82, 2.24) is 20.3 Å². The molecule has 3 aromatic heterocycles. The summed E-state index contributed by atoms with van der Waals surface area (Å²) in [5, 5.41) is 6.26. The van der Waals surface area contributed by atoms with Crippen LogP contribution < -0.4 is 16.0 Å². The summed E-state index contributed by atoms with van der Waals surface area (Å²) in [4.78, 5) is 39.4. The number of methoxy groups -OCH3 is 2. The van der Waals surface area contributed by atoms with Crippen LogP contribution in [0.3, 0.4) is 0 Å². The highest BCUT2D eigenvalue weighted by atomic mass is 35.5. The average molecular weight is 545 g/mol. The van der Waals surface area contributed by atoms with Crippen molar-refractivity contribution in [2.75, 3.05) is 37.9 Å². The number of amides is 1. The van der Waals surface area contributed by atoms with Gasteiger partial charge >= 0.3 is 5.97 Å². The van der Waals surface area contributed by atoms with Gasteiger partial charge in [0.05, 0.1) is 29.3 Å². The highest BCUT2D eigenvalue weighted by Gasteiger charge is 2.34. The van der Waals surface area contributed by atoms with E-state index in [2.05, 4.69) is 20.3 Å². The van der Waals surface area contributed by atoms with Gasteiger partial charge in [-0.2, -0.15) is 0 Å². The summed E-state index contributed by atoms with van der Waals surface area (Å²) in [6.07, 6.45) is 0.258. The highest BCUT2D eigenvalue weighted by Crippen LogP contribution is 2.36. The van der Waals surface area contributed by atoms with Crippen molar-refractivity contribution in [2.45, 2.75) is 25.5 Å². The lowest BCUT2D eigenvalue weighted by Gasteiger charge is -2.37. The fraction of sp³-hybridized carbons (Fsp3) is 0.400. The molecule has 0 bridgehead atoms. The number of nitrogens with zero attached hydrogens (tertiary/aromatic N) is 3. The van der Waals surface area contributed by atoms with E-state index in [1.807, 2.05) is 4.90 Å². The van der Waals surface area contributed by atoms with Crippen molar-refractivity contribution in [3.05, 3.63) is 31.7 Å². The number of rotatable bonds is 6. The SMILES string of the molecule is COC(=O)c1sc(N2CC[C@@H](NC(=O)c3[nH]c(C)c(Cl)c3Cl)[C@@H](OC)C2)nc1-c1csc(N)n1. The van der Waals surface area contributed by atoms with Gasteiger partial charge in [-0.1, -0.05) is 34.5 Å². The molecule has 2 atom stereocenters. The second kappa shape index (κ2) is 10.1. The molecule has 10 nitrogen and oxygen atoms in total. The van der Waals surface area contributed by atoms with Crippen LogP contribution in [0.15, 0.2) is 5.38 Å². The molecule has 4 rings (SSSR count). The van der Waals surface area contributed by atoms with Gasteiger partial charge in [-0.05, 0) is 13.3 Å². The van der Waals surface area contributed by atoms with E-state index >= 15 is 0 Å². The number of carbonyl (C=O) groups is 2. The first-order valence-corrected chi connectivity index (χ1v) is 12.6. The molecule has 4 heterocycles. The molecular formula is C20H22Cl2N6O4S2. The highest BCUT2D eigenvalue weighted by molar-refractivity contribution is 7.18. The quantitative estimate of drug-likeness (QED) is 0.400. The van der Waals surface area contributed by atoms with Gasteiger partial charge in [0.1, 0.15) is 22.0 Å². The van der Waals surface area contributed by atoms with Crippen LogP contribution in [0, 0.1) is 6.92 Å². The molecule has 1 saturated heterocycles. The number of aromatic amines is 1. The van der Waals surface area contributed by atoms with Crippen LogP contribution in [-0.2, 0) is 9.47 Å². The summed E-state index contributed by atoms with van der Waals surface area (Å²) in [5.74, 6) is -0.848. The molecule has 1 aliphatic heterocycles. The van der Waals surface area contributed by atoms with E-state index in [1.54, 1.807) is 19.4 Å². The van der Waals surface area contributed by atoms with E-state index < -0.39 is 5.97 Å². The summed E-state index contributed by atoms with van der Waals surface area (Å²) in [6.45, 7) is 2.77. The predicted molar refractivity (Wildman–Crippen MR) is 133 cm³/mol. The van der Waals surface area contributed by atoms with Crippen LogP contribution in [0.1, 0.15) is 32.3 Å². The number of carbonyl (C=O) groups excluding carboxylic acids is 2. The molecule has 1 aliphatic rings. The molecule has 1 amide bonds. The molecule has 0 radical (unpaired) electrons. The largest absolute Gasteiger partial charge is 0.465 e. The average Bonchev–Trinajstić information content (AvgIpc) is 3.53. The second-order valence-electron chi connectivity index (χ2n) is 7.58. The number of nitrogens with one attached hydrogen (secondary N) is 2.